The van der Waals surface area contributed by atoms with Crippen molar-refractivity contribution >= 4 is 32.4 Å². The summed E-state index contributed by atoms with van der Waals surface area (Å²) in [6.07, 6.45) is 0.832. The summed E-state index contributed by atoms with van der Waals surface area (Å²) < 4.78 is 32.6. The summed E-state index contributed by atoms with van der Waals surface area (Å²) in [5, 5.41) is 10.0. The van der Waals surface area contributed by atoms with Crippen LogP contribution in [0.5, 0.6) is 5.75 Å². The van der Waals surface area contributed by atoms with Gasteiger partial charge in [-0.1, -0.05) is 37.3 Å². The van der Waals surface area contributed by atoms with Crippen LogP contribution in [0.25, 0.3) is 0 Å². The van der Waals surface area contributed by atoms with E-state index in [1.807, 2.05) is 19.1 Å². The monoisotopic (exact) mass is 384 g/mol. The minimum Gasteiger partial charge on any atom is -0.497 e. The second-order valence-electron chi connectivity index (χ2n) is 5.13. The molecule has 25 heavy (non-hydrogen) atoms. The van der Waals surface area contributed by atoms with E-state index in [2.05, 4.69) is 20.2 Å². The van der Waals surface area contributed by atoms with Crippen molar-refractivity contribution in [2.24, 2.45) is 0 Å². The van der Waals surface area contributed by atoms with Crippen LogP contribution in [-0.4, -0.2) is 31.6 Å². The number of hydrogen-bond acceptors (Lipinski definition) is 7. The molecule has 0 aliphatic rings. The van der Waals surface area contributed by atoms with Crippen LogP contribution in [-0.2, 0) is 14.8 Å². The molecule has 8 nitrogen and oxygen atoms in total. The van der Waals surface area contributed by atoms with E-state index in [9.17, 15) is 13.2 Å². The van der Waals surface area contributed by atoms with E-state index in [-0.39, 0.29) is 21.8 Å². The third-order valence-corrected chi connectivity index (χ3v) is 6.11. The number of methoxy groups -OCH3 is 1. The van der Waals surface area contributed by atoms with E-state index in [1.54, 1.807) is 26.2 Å². The van der Waals surface area contributed by atoms with Gasteiger partial charge in [0.1, 0.15) is 5.75 Å². The number of nitrogens with one attached hydrogen (secondary N) is 2. The van der Waals surface area contributed by atoms with Gasteiger partial charge in [0.25, 0.3) is 10.0 Å². The van der Waals surface area contributed by atoms with Gasteiger partial charge >= 0.3 is 0 Å². The summed E-state index contributed by atoms with van der Waals surface area (Å²) in [5.74, 6) is 0.444. The van der Waals surface area contributed by atoms with Gasteiger partial charge in [0.2, 0.25) is 15.4 Å². The number of ether oxygens (including phenoxy) is 1. The fourth-order valence-electron chi connectivity index (χ4n) is 2.04. The van der Waals surface area contributed by atoms with Crippen molar-refractivity contribution in [2.45, 2.75) is 37.1 Å². The number of nitrogens with zero attached hydrogens (tertiary/aromatic N) is 2. The molecular weight excluding hydrogens is 364 g/mol. The quantitative estimate of drug-likeness (QED) is 0.676. The molecule has 0 aliphatic heterocycles. The van der Waals surface area contributed by atoms with Gasteiger partial charge in [-0.25, -0.2) is 13.1 Å². The molecule has 2 aromatic rings. The Kier molecular flexibility index (Phi) is 6.45. The van der Waals surface area contributed by atoms with Crippen LogP contribution >= 0.6 is 11.3 Å². The summed E-state index contributed by atoms with van der Waals surface area (Å²) in [5.41, 5.74) is 0.816. The molecule has 0 radical (unpaired) electrons. The lowest BCUT2D eigenvalue weighted by molar-refractivity contribution is -0.115. The molecule has 1 amide bonds. The molecule has 136 valence electrons. The van der Waals surface area contributed by atoms with E-state index in [0.717, 1.165) is 16.9 Å². The number of rotatable bonds is 8. The normalized spacial score (nSPS) is 12.6. The van der Waals surface area contributed by atoms with Crippen molar-refractivity contribution in [1.29, 1.82) is 0 Å². The molecule has 0 fully saturated rings. The first-order valence-electron chi connectivity index (χ1n) is 7.69. The molecule has 0 aliphatic carbocycles. The van der Waals surface area contributed by atoms with Crippen LogP contribution < -0.4 is 14.8 Å². The van der Waals surface area contributed by atoms with Crippen molar-refractivity contribution in [3.8, 4) is 5.75 Å². The Labute approximate surface area is 150 Å². The molecule has 0 bridgehead atoms. The first-order chi connectivity index (χ1) is 11.9. The van der Waals surface area contributed by atoms with Crippen molar-refractivity contribution < 1.29 is 17.9 Å². The summed E-state index contributed by atoms with van der Waals surface area (Å²) in [6.45, 7) is 3.57. The smallest absolute Gasteiger partial charge is 0.270 e. The number of anilines is 1. The zero-order chi connectivity index (χ0) is 18.4. The summed E-state index contributed by atoms with van der Waals surface area (Å²) in [6, 6.07) is 6.75. The average molecular weight is 384 g/mol. The van der Waals surface area contributed by atoms with Crippen molar-refractivity contribution in [3.63, 3.8) is 0 Å². The van der Waals surface area contributed by atoms with E-state index in [0.29, 0.717) is 12.2 Å². The van der Waals surface area contributed by atoms with Crippen LogP contribution in [0.3, 0.4) is 0 Å². The van der Waals surface area contributed by atoms with Gasteiger partial charge in [0.15, 0.2) is 0 Å². The molecular formula is C15H20N4O4S2. The Morgan fingerprint density at radius 1 is 1.24 bits per heavy atom. The number of hydrogen-bond donors (Lipinski definition) is 2. The van der Waals surface area contributed by atoms with E-state index >= 15 is 0 Å². The predicted octanol–water partition coefficient (Wildman–Crippen LogP) is 2.32. The lowest BCUT2D eigenvalue weighted by atomic mass is 10.1. The minimum atomic E-state index is -3.84. The van der Waals surface area contributed by atoms with E-state index in [1.165, 1.54) is 0 Å². The van der Waals surface area contributed by atoms with Gasteiger partial charge in [-0.15, -0.1) is 10.2 Å². The topological polar surface area (TPSA) is 110 Å². The maximum Gasteiger partial charge on any atom is 0.270 e. The standard InChI is InChI=1S/C15H20N4O4S2/c1-4-12(10-6-8-11(23-3)9-7-10)19-25(21,22)15-18-17-14(24-15)16-13(20)5-2/h6-9,12,19H,4-5H2,1-3H3,(H,16,17,20)/t12-/m0/s1. The average Bonchev–Trinajstić information content (AvgIpc) is 3.09. The third kappa shape index (κ3) is 4.97. The zero-order valence-electron chi connectivity index (χ0n) is 14.1. The van der Waals surface area contributed by atoms with E-state index < -0.39 is 16.1 Å². The summed E-state index contributed by atoms with van der Waals surface area (Å²) >= 11 is 0.813. The third-order valence-electron chi connectivity index (χ3n) is 3.43. The summed E-state index contributed by atoms with van der Waals surface area (Å²) in [7, 11) is -2.28. The number of benzene rings is 1. The number of aromatic nitrogens is 2. The van der Waals surface area contributed by atoms with Crippen LogP contribution in [0.4, 0.5) is 5.13 Å². The van der Waals surface area contributed by atoms with Crippen molar-refractivity contribution in [2.75, 3.05) is 12.4 Å². The number of amides is 1. The van der Waals surface area contributed by atoms with Gasteiger partial charge in [-0.3, -0.25) is 4.79 Å². The molecule has 2 rings (SSSR count). The molecule has 1 heterocycles. The van der Waals surface area contributed by atoms with Crippen molar-refractivity contribution in [3.05, 3.63) is 29.8 Å². The fraction of sp³-hybridized carbons (Fsp3) is 0.400. The van der Waals surface area contributed by atoms with Crippen LogP contribution in [0, 0.1) is 0 Å². The first kappa shape index (κ1) is 19.3. The highest BCUT2D eigenvalue weighted by molar-refractivity contribution is 7.91. The lowest BCUT2D eigenvalue weighted by Gasteiger charge is -2.16. The number of carbonyl (C=O) groups excluding carboxylic acids is 1. The Bertz CT molecular complexity index is 818. The van der Waals surface area contributed by atoms with Crippen molar-refractivity contribution in [1.82, 2.24) is 14.9 Å². The molecule has 2 N–H and O–H groups in total. The minimum absolute atomic E-state index is 0.157. The molecule has 0 saturated heterocycles. The lowest BCUT2D eigenvalue weighted by Crippen LogP contribution is -2.28. The maximum atomic E-state index is 12.5. The molecule has 10 heteroatoms. The Balaban J connectivity index is 2.16. The largest absolute Gasteiger partial charge is 0.497 e. The molecule has 0 unspecified atom stereocenters. The van der Waals surface area contributed by atoms with Gasteiger partial charge in [0.05, 0.1) is 7.11 Å². The van der Waals surface area contributed by atoms with Crippen LogP contribution in [0.15, 0.2) is 28.6 Å². The van der Waals surface area contributed by atoms with Gasteiger partial charge in [-0.2, -0.15) is 0 Å². The molecule has 1 aromatic heterocycles. The second kappa shape index (κ2) is 8.37. The highest BCUT2D eigenvalue weighted by Crippen LogP contribution is 2.25. The second-order valence-corrected chi connectivity index (χ2v) is 8.00. The number of carbonyl (C=O) groups is 1. The number of sulfonamides is 1. The zero-order valence-corrected chi connectivity index (χ0v) is 15.8. The Hall–Kier alpha value is -2.04. The highest BCUT2D eigenvalue weighted by Gasteiger charge is 2.24. The SMILES string of the molecule is CCC(=O)Nc1nnc(S(=O)(=O)N[C@@H](CC)c2ccc(OC)cc2)s1. The Morgan fingerprint density at radius 2 is 1.92 bits per heavy atom. The first-order valence-corrected chi connectivity index (χ1v) is 9.99. The van der Waals surface area contributed by atoms with Gasteiger partial charge in [0, 0.05) is 12.5 Å². The van der Waals surface area contributed by atoms with Gasteiger partial charge < -0.3 is 10.1 Å². The molecule has 0 saturated carbocycles. The van der Waals surface area contributed by atoms with Crippen LogP contribution in [0.1, 0.15) is 38.3 Å². The highest BCUT2D eigenvalue weighted by atomic mass is 32.2. The Morgan fingerprint density at radius 3 is 2.48 bits per heavy atom. The fourth-order valence-corrected chi connectivity index (χ4v) is 4.28. The molecule has 1 atom stereocenters. The molecule has 0 spiro atoms. The van der Waals surface area contributed by atoms with Crippen LogP contribution in [0.2, 0.25) is 0 Å². The molecule has 1 aromatic carbocycles. The maximum absolute atomic E-state index is 12.5. The van der Waals surface area contributed by atoms with Gasteiger partial charge in [-0.05, 0) is 24.1 Å². The predicted molar refractivity (Wildman–Crippen MR) is 95.2 cm³/mol. The van der Waals surface area contributed by atoms with E-state index in [4.69, 9.17) is 4.74 Å². The summed E-state index contributed by atoms with van der Waals surface area (Å²) in [4.78, 5) is 11.4.